The number of hydrogen-bond acceptors (Lipinski definition) is 2. The lowest BCUT2D eigenvalue weighted by Crippen LogP contribution is -2.47. The van der Waals surface area contributed by atoms with Gasteiger partial charge in [-0.1, -0.05) is 25.4 Å². The van der Waals surface area contributed by atoms with Crippen LogP contribution >= 0.6 is 11.6 Å². The van der Waals surface area contributed by atoms with Gasteiger partial charge < -0.3 is 10.6 Å². The summed E-state index contributed by atoms with van der Waals surface area (Å²) < 4.78 is 13.5. The number of fused-ring (bicyclic) bond motifs is 1. The highest BCUT2D eigenvalue weighted by molar-refractivity contribution is 6.31. The van der Waals surface area contributed by atoms with Gasteiger partial charge in [0.1, 0.15) is 5.82 Å². The molecule has 0 aromatic heterocycles. The van der Waals surface area contributed by atoms with Crippen LogP contribution < -0.4 is 10.6 Å². The zero-order valence-electron chi connectivity index (χ0n) is 10.6. The van der Waals surface area contributed by atoms with E-state index in [9.17, 15) is 4.39 Å². The van der Waals surface area contributed by atoms with E-state index in [0.29, 0.717) is 0 Å². The number of anilines is 2. The molecule has 1 aliphatic heterocycles. The Hall–Kier alpha value is -0.960. The molecule has 0 amide bonds. The minimum Gasteiger partial charge on any atom is -0.383 e. The Labute approximate surface area is 107 Å². The summed E-state index contributed by atoms with van der Waals surface area (Å²) in [5.41, 5.74) is 1.53. The summed E-state index contributed by atoms with van der Waals surface area (Å²) in [4.78, 5) is 0. The second-order valence-corrected chi connectivity index (χ2v) is 6.21. The number of rotatable bonds is 0. The molecule has 0 atom stereocenters. The fourth-order valence-electron chi connectivity index (χ4n) is 1.84. The molecule has 0 unspecified atom stereocenters. The lowest BCUT2D eigenvalue weighted by atomic mass is 9.74. The maximum atomic E-state index is 13.5. The van der Waals surface area contributed by atoms with Gasteiger partial charge in [-0.2, -0.15) is 0 Å². The molecular formula is C13H18ClFN2. The van der Waals surface area contributed by atoms with Crippen LogP contribution in [-0.4, -0.2) is 12.1 Å². The highest BCUT2D eigenvalue weighted by Crippen LogP contribution is 2.40. The van der Waals surface area contributed by atoms with Gasteiger partial charge >= 0.3 is 0 Å². The number of nitrogens with one attached hydrogen (secondary N) is 2. The lowest BCUT2D eigenvalue weighted by molar-refractivity contribution is 0.245. The Bertz CT molecular complexity index is 455. The van der Waals surface area contributed by atoms with Crippen molar-refractivity contribution in [2.45, 2.75) is 33.2 Å². The smallest absolute Gasteiger partial charge is 0.143 e. The predicted octanol–water partition coefficient (Wildman–Crippen LogP) is 4.12. The summed E-state index contributed by atoms with van der Waals surface area (Å²) in [5.74, 6) is -0.393. The van der Waals surface area contributed by atoms with Crippen LogP contribution in [0.15, 0.2) is 12.1 Å². The van der Waals surface area contributed by atoms with Crippen LogP contribution in [-0.2, 0) is 0 Å². The number of hydrogen-bond donors (Lipinski definition) is 2. The van der Waals surface area contributed by atoms with Gasteiger partial charge in [-0.05, 0) is 19.9 Å². The van der Waals surface area contributed by atoms with Crippen LogP contribution in [0.1, 0.15) is 27.7 Å². The van der Waals surface area contributed by atoms with E-state index in [1.165, 1.54) is 6.07 Å². The molecule has 4 heteroatoms. The lowest BCUT2D eigenvalue weighted by Gasteiger charge is -2.41. The molecule has 94 valence electrons. The van der Waals surface area contributed by atoms with Crippen LogP contribution in [0.4, 0.5) is 15.8 Å². The zero-order chi connectivity index (χ0) is 12.8. The van der Waals surface area contributed by atoms with Crippen molar-refractivity contribution in [3.05, 3.63) is 23.0 Å². The highest BCUT2D eigenvalue weighted by atomic mass is 35.5. The standard InChI is InChI=1S/C13H18ClFN2/c1-12(2)7-16-10-5-8(14)9(15)6-11(10)17-13(12,3)4/h5-6,16-17H,7H2,1-4H3. The van der Waals surface area contributed by atoms with E-state index in [2.05, 4.69) is 38.3 Å². The van der Waals surface area contributed by atoms with Gasteiger partial charge in [0.2, 0.25) is 0 Å². The molecule has 2 N–H and O–H groups in total. The summed E-state index contributed by atoms with van der Waals surface area (Å²) in [7, 11) is 0. The van der Waals surface area contributed by atoms with Crippen molar-refractivity contribution in [2.24, 2.45) is 5.41 Å². The summed E-state index contributed by atoms with van der Waals surface area (Å²) in [6.45, 7) is 9.40. The van der Waals surface area contributed by atoms with Crippen molar-refractivity contribution in [3.8, 4) is 0 Å². The van der Waals surface area contributed by atoms with E-state index < -0.39 is 5.82 Å². The number of halogens is 2. The van der Waals surface area contributed by atoms with Gasteiger partial charge in [0.25, 0.3) is 0 Å². The van der Waals surface area contributed by atoms with Crippen molar-refractivity contribution in [1.29, 1.82) is 0 Å². The molecule has 0 spiro atoms. The van der Waals surface area contributed by atoms with Gasteiger partial charge in [0, 0.05) is 23.6 Å². The fourth-order valence-corrected chi connectivity index (χ4v) is 2.00. The third-order valence-corrected chi connectivity index (χ3v) is 4.21. The highest BCUT2D eigenvalue weighted by Gasteiger charge is 2.39. The first-order valence-corrected chi connectivity index (χ1v) is 6.12. The van der Waals surface area contributed by atoms with Gasteiger partial charge in [-0.3, -0.25) is 0 Å². The van der Waals surface area contributed by atoms with Crippen molar-refractivity contribution >= 4 is 23.0 Å². The molecule has 2 nitrogen and oxygen atoms in total. The van der Waals surface area contributed by atoms with E-state index >= 15 is 0 Å². The Morgan fingerprint density at radius 1 is 1.18 bits per heavy atom. The van der Waals surface area contributed by atoms with Crippen molar-refractivity contribution < 1.29 is 4.39 Å². The molecular weight excluding hydrogens is 239 g/mol. The van der Waals surface area contributed by atoms with Crippen LogP contribution in [0.5, 0.6) is 0 Å². The van der Waals surface area contributed by atoms with Crippen LogP contribution in [0.3, 0.4) is 0 Å². The molecule has 0 saturated heterocycles. The Balaban J connectivity index is 2.48. The maximum absolute atomic E-state index is 13.5. The average Bonchev–Trinajstić information content (AvgIpc) is 2.27. The molecule has 1 aromatic rings. The van der Waals surface area contributed by atoms with Crippen molar-refractivity contribution in [1.82, 2.24) is 0 Å². The molecule has 1 aliphatic rings. The third-order valence-electron chi connectivity index (χ3n) is 3.92. The van der Waals surface area contributed by atoms with Crippen molar-refractivity contribution in [2.75, 3.05) is 17.2 Å². The molecule has 0 fully saturated rings. The minimum atomic E-state index is -0.393. The largest absolute Gasteiger partial charge is 0.383 e. The van der Waals surface area contributed by atoms with Crippen molar-refractivity contribution in [3.63, 3.8) is 0 Å². The van der Waals surface area contributed by atoms with Gasteiger partial charge in [0.15, 0.2) is 0 Å². The fraction of sp³-hybridized carbons (Fsp3) is 0.538. The van der Waals surface area contributed by atoms with E-state index in [1.807, 2.05) is 0 Å². The second kappa shape index (κ2) is 3.77. The summed E-state index contributed by atoms with van der Waals surface area (Å²) >= 11 is 5.80. The van der Waals surface area contributed by atoms with Crippen LogP contribution in [0, 0.1) is 11.2 Å². The molecule has 1 heterocycles. The Morgan fingerprint density at radius 3 is 2.47 bits per heavy atom. The Kier molecular flexibility index (Phi) is 2.77. The zero-order valence-corrected chi connectivity index (χ0v) is 11.4. The molecule has 0 radical (unpaired) electrons. The van der Waals surface area contributed by atoms with Gasteiger partial charge in [-0.25, -0.2) is 4.39 Å². The van der Waals surface area contributed by atoms with Gasteiger partial charge in [-0.15, -0.1) is 0 Å². The molecule has 17 heavy (non-hydrogen) atoms. The van der Waals surface area contributed by atoms with E-state index in [-0.39, 0.29) is 16.0 Å². The quantitative estimate of drug-likeness (QED) is 0.730. The molecule has 0 saturated carbocycles. The maximum Gasteiger partial charge on any atom is 0.143 e. The minimum absolute atomic E-state index is 0.0367. The Morgan fingerprint density at radius 2 is 1.82 bits per heavy atom. The molecule has 2 rings (SSSR count). The molecule has 0 bridgehead atoms. The second-order valence-electron chi connectivity index (χ2n) is 5.80. The number of benzene rings is 1. The predicted molar refractivity (Wildman–Crippen MR) is 71.4 cm³/mol. The first-order valence-electron chi connectivity index (χ1n) is 5.74. The monoisotopic (exact) mass is 256 g/mol. The summed E-state index contributed by atoms with van der Waals surface area (Å²) in [6, 6.07) is 3.09. The molecule has 0 aliphatic carbocycles. The van der Waals surface area contributed by atoms with E-state index in [0.717, 1.165) is 17.9 Å². The van der Waals surface area contributed by atoms with E-state index in [1.54, 1.807) is 6.07 Å². The summed E-state index contributed by atoms with van der Waals surface area (Å²) in [5, 5.41) is 6.87. The topological polar surface area (TPSA) is 24.1 Å². The average molecular weight is 257 g/mol. The van der Waals surface area contributed by atoms with Crippen LogP contribution in [0.25, 0.3) is 0 Å². The van der Waals surface area contributed by atoms with Gasteiger partial charge in [0.05, 0.1) is 16.4 Å². The third kappa shape index (κ3) is 2.08. The summed E-state index contributed by atoms with van der Waals surface area (Å²) in [6.07, 6.45) is 0. The first kappa shape index (κ1) is 12.5. The molecule has 1 aromatic carbocycles. The van der Waals surface area contributed by atoms with E-state index in [4.69, 9.17) is 11.6 Å². The normalized spacial score (nSPS) is 20.8. The van der Waals surface area contributed by atoms with Crippen LogP contribution in [0.2, 0.25) is 5.02 Å². The first-order chi connectivity index (χ1) is 7.73. The SMILES string of the molecule is CC1(C)CNc2cc(Cl)c(F)cc2NC1(C)C.